The minimum atomic E-state index is 0.0532. The third-order valence-electron chi connectivity index (χ3n) is 2.68. The van der Waals surface area contributed by atoms with Crippen molar-refractivity contribution >= 4 is 5.91 Å². The molecule has 0 spiro atoms. The van der Waals surface area contributed by atoms with Crippen molar-refractivity contribution in [3.63, 3.8) is 0 Å². The molecule has 2 rings (SSSR count). The topological polar surface area (TPSA) is 57.8 Å². The molecule has 0 radical (unpaired) electrons. The van der Waals surface area contributed by atoms with Gasteiger partial charge < -0.3 is 10.3 Å². The number of rotatable bonds is 5. The average molecular weight is 243 g/mol. The normalized spacial score (nSPS) is 10.3. The van der Waals surface area contributed by atoms with E-state index in [1.165, 1.54) is 0 Å². The summed E-state index contributed by atoms with van der Waals surface area (Å²) < 4.78 is 0. The lowest BCUT2D eigenvalue weighted by atomic mass is 10.1. The first-order valence-electron chi connectivity index (χ1n) is 6.05. The van der Waals surface area contributed by atoms with E-state index in [1.807, 2.05) is 37.3 Å². The number of carbonyl (C=O) groups excluding carboxylic acids is 1. The molecule has 0 atom stereocenters. The summed E-state index contributed by atoms with van der Waals surface area (Å²) >= 11 is 0. The number of nitrogens with one attached hydrogen (secondary N) is 2. The second-order valence-corrected chi connectivity index (χ2v) is 4.26. The molecule has 0 bridgehead atoms. The summed E-state index contributed by atoms with van der Waals surface area (Å²) in [5.74, 6) is 0.957. The maximum absolute atomic E-state index is 11.7. The summed E-state index contributed by atoms with van der Waals surface area (Å²) in [5.41, 5.74) is 2.08. The van der Waals surface area contributed by atoms with Gasteiger partial charge in [-0.1, -0.05) is 30.3 Å². The molecule has 1 aromatic carbocycles. The summed E-state index contributed by atoms with van der Waals surface area (Å²) in [7, 11) is 0. The highest BCUT2D eigenvalue weighted by molar-refractivity contribution is 5.78. The van der Waals surface area contributed by atoms with Crippen LogP contribution in [0.5, 0.6) is 0 Å². The molecule has 0 saturated carbocycles. The number of H-pyrrole nitrogens is 1. The van der Waals surface area contributed by atoms with Crippen molar-refractivity contribution in [2.24, 2.45) is 0 Å². The maximum Gasteiger partial charge on any atom is 0.224 e. The second-order valence-electron chi connectivity index (χ2n) is 4.26. The van der Waals surface area contributed by atoms with Crippen LogP contribution in [-0.2, 0) is 17.6 Å². The molecule has 1 amide bonds. The first-order chi connectivity index (χ1) is 8.74. The van der Waals surface area contributed by atoms with Crippen LogP contribution >= 0.6 is 0 Å². The number of carbonyl (C=O) groups is 1. The molecule has 0 aliphatic rings. The lowest BCUT2D eigenvalue weighted by molar-refractivity contribution is -0.120. The quantitative estimate of drug-likeness (QED) is 0.838. The van der Waals surface area contributed by atoms with E-state index in [4.69, 9.17) is 0 Å². The van der Waals surface area contributed by atoms with Crippen LogP contribution < -0.4 is 5.32 Å². The molecule has 94 valence electrons. The summed E-state index contributed by atoms with van der Waals surface area (Å²) in [5, 5.41) is 2.90. The van der Waals surface area contributed by atoms with Gasteiger partial charge in [0.2, 0.25) is 5.91 Å². The van der Waals surface area contributed by atoms with E-state index < -0.39 is 0 Å². The van der Waals surface area contributed by atoms with E-state index in [2.05, 4.69) is 15.3 Å². The number of benzene rings is 1. The lowest BCUT2D eigenvalue weighted by Gasteiger charge is -2.04. The van der Waals surface area contributed by atoms with Crippen molar-refractivity contribution in [1.82, 2.24) is 15.3 Å². The van der Waals surface area contributed by atoms with E-state index in [0.717, 1.165) is 23.5 Å². The molecule has 0 aliphatic carbocycles. The molecule has 2 aromatic rings. The zero-order valence-corrected chi connectivity index (χ0v) is 10.4. The Morgan fingerprint density at radius 3 is 2.78 bits per heavy atom. The van der Waals surface area contributed by atoms with Crippen molar-refractivity contribution in [1.29, 1.82) is 0 Å². The number of aromatic amines is 1. The van der Waals surface area contributed by atoms with Crippen LogP contribution in [0.4, 0.5) is 0 Å². The molecule has 4 nitrogen and oxygen atoms in total. The van der Waals surface area contributed by atoms with Crippen molar-refractivity contribution in [3.05, 3.63) is 53.6 Å². The van der Waals surface area contributed by atoms with Crippen molar-refractivity contribution < 1.29 is 4.79 Å². The Bertz CT molecular complexity index is 505. The molecule has 0 fully saturated rings. The smallest absolute Gasteiger partial charge is 0.224 e. The zero-order chi connectivity index (χ0) is 12.8. The Labute approximate surface area is 106 Å². The number of aryl methyl sites for hydroxylation is 1. The molecular formula is C14H17N3O. The molecule has 1 heterocycles. The van der Waals surface area contributed by atoms with E-state index in [1.54, 1.807) is 6.20 Å². The minimum absolute atomic E-state index is 0.0532. The molecule has 0 aliphatic heterocycles. The zero-order valence-electron chi connectivity index (χ0n) is 10.4. The molecule has 0 saturated heterocycles. The van der Waals surface area contributed by atoms with Crippen LogP contribution in [0.1, 0.15) is 17.1 Å². The largest absolute Gasteiger partial charge is 0.355 e. The number of nitrogens with zero attached hydrogens (tertiary/aromatic N) is 1. The Morgan fingerprint density at radius 2 is 2.11 bits per heavy atom. The Hall–Kier alpha value is -2.10. The Morgan fingerprint density at radius 1 is 1.33 bits per heavy atom. The lowest BCUT2D eigenvalue weighted by Crippen LogP contribution is -2.27. The van der Waals surface area contributed by atoms with Crippen LogP contribution in [0.2, 0.25) is 0 Å². The van der Waals surface area contributed by atoms with Gasteiger partial charge >= 0.3 is 0 Å². The number of amides is 1. The van der Waals surface area contributed by atoms with Crippen LogP contribution in [0.3, 0.4) is 0 Å². The van der Waals surface area contributed by atoms with Crippen LogP contribution in [0.15, 0.2) is 36.5 Å². The van der Waals surface area contributed by atoms with Crippen LogP contribution in [0.25, 0.3) is 0 Å². The first kappa shape index (κ1) is 12.4. The van der Waals surface area contributed by atoms with E-state index in [0.29, 0.717) is 13.0 Å². The predicted octanol–water partition coefficient (Wildman–Crippen LogP) is 1.62. The monoisotopic (exact) mass is 243 g/mol. The van der Waals surface area contributed by atoms with Crippen LogP contribution in [-0.4, -0.2) is 22.4 Å². The maximum atomic E-state index is 11.7. The molecule has 2 N–H and O–H groups in total. The van der Waals surface area contributed by atoms with Crippen LogP contribution in [0, 0.1) is 6.92 Å². The van der Waals surface area contributed by atoms with Gasteiger partial charge in [-0.3, -0.25) is 4.79 Å². The fraction of sp³-hybridized carbons (Fsp3) is 0.286. The summed E-state index contributed by atoms with van der Waals surface area (Å²) in [4.78, 5) is 18.9. The Kier molecular flexibility index (Phi) is 4.12. The fourth-order valence-electron chi connectivity index (χ4n) is 1.78. The van der Waals surface area contributed by atoms with E-state index in [9.17, 15) is 4.79 Å². The van der Waals surface area contributed by atoms with E-state index in [-0.39, 0.29) is 5.91 Å². The van der Waals surface area contributed by atoms with Gasteiger partial charge in [0.15, 0.2) is 0 Å². The van der Waals surface area contributed by atoms with Crippen molar-refractivity contribution in [2.75, 3.05) is 6.54 Å². The van der Waals surface area contributed by atoms with Crippen molar-refractivity contribution in [3.8, 4) is 0 Å². The van der Waals surface area contributed by atoms with Gasteiger partial charge in [0.05, 0.1) is 6.42 Å². The van der Waals surface area contributed by atoms with Gasteiger partial charge in [0.25, 0.3) is 0 Å². The average Bonchev–Trinajstić information content (AvgIpc) is 2.76. The standard InChI is InChI=1S/C14H17N3O/c1-11-16-10-13(17-11)7-8-15-14(18)9-12-5-3-2-4-6-12/h2-6,10H,7-9H2,1H3,(H,15,18)(H,16,17). The summed E-state index contributed by atoms with van der Waals surface area (Å²) in [6.45, 7) is 2.55. The highest BCUT2D eigenvalue weighted by Gasteiger charge is 2.03. The van der Waals surface area contributed by atoms with Gasteiger partial charge in [-0.15, -0.1) is 0 Å². The number of hydrogen-bond acceptors (Lipinski definition) is 2. The minimum Gasteiger partial charge on any atom is -0.355 e. The highest BCUT2D eigenvalue weighted by atomic mass is 16.1. The molecule has 1 aromatic heterocycles. The van der Waals surface area contributed by atoms with Gasteiger partial charge in [-0.2, -0.15) is 0 Å². The fourth-order valence-corrected chi connectivity index (χ4v) is 1.78. The van der Waals surface area contributed by atoms with Gasteiger partial charge in [0, 0.05) is 24.9 Å². The molecular weight excluding hydrogens is 226 g/mol. The first-order valence-corrected chi connectivity index (χ1v) is 6.05. The number of aromatic nitrogens is 2. The summed E-state index contributed by atoms with van der Waals surface area (Å²) in [6, 6.07) is 9.74. The van der Waals surface area contributed by atoms with Gasteiger partial charge in [-0.05, 0) is 12.5 Å². The predicted molar refractivity (Wildman–Crippen MR) is 70.2 cm³/mol. The second kappa shape index (κ2) is 6.00. The van der Waals surface area contributed by atoms with Crippen molar-refractivity contribution in [2.45, 2.75) is 19.8 Å². The van der Waals surface area contributed by atoms with Gasteiger partial charge in [0.1, 0.15) is 5.82 Å². The number of imidazole rings is 1. The highest BCUT2D eigenvalue weighted by Crippen LogP contribution is 1.99. The number of hydrogen-bond donors (Lipinski definition) is 2. The Balaban J connectivity index is 1.72. The molecule has 18 heavy (non-hydrogen) atoms. The van der Waals surface area contributed by atoms with Gasteiger partial charge in [-0.25, -0.2) is 4.98 Å². The molecule has 0 unspecified atom stereocenters. The third kappa shape index (κ3) is 3.73. The SMILES string of the molecule is Cc1ncc(CCNC(=O)Cc2ccccc2)[nH]1. The van der Waals surface area contributed by atoms with E-state index >= 15 is 0 Å². The summed E-state index contributed by atoms with van der Waals surface area (Å²) in [6.07, 6.45) is 3.02. The molecule has 4 heteroatoms. The third-order valence-corrected chi connectivity index (χ3v) is 2.68.